The lowest BCUT2D eigenvalue weighted by Crippen LogP contribution is -2.27. The van der Waals surface area contributed by atoms with Crippen LogP contribution in [0.4, 0.5) is 0 Å². The van der Waals surface area contributed by atoms with Crippen LogP contribution in [0.25, 0.3) is 10.8 Å². The van der Waals surface area contributed by atoms with Crippen molar-refractivity contribution in [3.8, 4) is 5.75 Å². The average Bonchev–Trinajstić information content (AvgIpc) is 2.58. The number of aliphatic carboxylic acids is 1. The van der Waals surface area contributed by atoms with Crippen LogP contribution in [0.2, 0.25) is 0 Å². The van der Waals surface area contributed by atoms with Gasteiger partial charge in [-0.2, -0.15) is 0 Å². The highest BCUT2D eigenvalue weighted by molar-refractivity contribution is 5.87. The summed E-state index contributed by atoms with van der Waals surface area (Å²) in [6, 6.07) is 6.90. The maximum Gasteiger partial charge on any atom is 0.344 e. The minimum atomic E-state index is -0.992. The Hall–Kier alpha value is -2.34. The van der Waals surface area contributed by atoms with Crippen molar-refractivity contribution < 1.29 is 19.4 Å². The SMILES string of the molecule is CCCCC(Oc1cccc2c(=O)n(CCOC)ccc12)C(=O)O. The van der Waals surface area contributed by atoms with Gasteiger partial charge in [0.15, 0.2) is 6.10 Å². The molecule has 0 amide bonds. The Kier molecular flexibility index (Phi) is 6.37. The van der Waals surface area contributed by atoms with E-state index in [9.17, 15) is 14.7 Å². The second-order valence-electron chi connectivity index (χ2n) is 5.61. The number of nitrogens with zero attached hydrogens (tertiary/aromatic N) is 1. The Morgan fingerprint density at radius 2 is 2.08 bits per heavy atom. The van der Waals surface area contributed by atoms with Crippen molar-refractivity contribution in [2.24, 2.45) is 0 Å². The summed E-state index contributed by atoms with van der Waals surface area (Å²) in [4.78, 5) is 23.9. The van der Waals surface area contributed by atoms with Crippen LogP contribution in [0.1, 0.15) is 26.2 Å². The molecule has 1 aromatic heterocycles. The number of ether oxygens (including phenoxy) is 2. The Labute approximate surface area is 140 Å². The molecular weight excluding hydrogens is 310 g/mol. The highest BCUT2D eigenvalue weighted by Gasteiger charge is 2.20. The molecule has 0 saturated carbocycles. The number of pyridine rings is 1. The molecule has 0 bridgehead atoms. The molecular formula is C18H23NO5. The third-order valence-corrected chi connectivity index (χ3v) is 3.88. The molecule has 2 aromatic rings. The molecule has 1 aromatic carbocycles. The van der Waals surface area contributed by atoms with Gasteiger partial charge in [0.1, 0.15) is 5.75 Å². The molecule has 0 saturated heterocycles. The predicted octanol–water partition coefficient (Wildman–Crippen LogP) is 2.67. The second kappa shape index (κ2) is 8.49. The summed E-state index contributed by atoms with van der Waals surface area (Å²) >= 11 is 0. The van der Waals surface area contributed by atoms with Gasteiger partial charge < -0.3 is 19.1 Å². The summed E-state index contributed by atoms with van der Waals surface area (Å²) < 4.78 is 12.3. The number of benzene rings is 1. The molecule has 24 heavy (non-hydrogen) atoms. The maximum absolute atomic E-state index is 12.5. The van der Waals surface area contributed by atoms with Crippen LogP contribution in [0.3, 0.4) is 0 Å². The minimum Gasteiger partial charge on any atom is -0.479 e. The first-order valence-corrected chi connectivity index (χ1v) is 8.09. The first-order chi connectivity index (χ1) is 11.6. The molecule has 0 radical (unpaired) electrons. The Morgan fingerprint density at radius 3 is 2.75 bits per heavy atom. The van der Waals surface area contributed by atoms with Gasteiger partial charge in [0.05, 0.1) is 12.0 Å². The van der Waals surface area contributed by atoms with Crippen molar-refractivity contribution >= 4 is 16.7 Å². The van der Waals surface area contributed by atoms with Gasteiger partial charge in [-0.3, -0.25) is 4.79 Å². The Morgan fingerprint density at radius 1 is 1.29 bits per heavy atom. The monoisotopic (exact) mass is 333 g/mol. The number of aromatic nitrogens is 1. The molecule has 6 heteroatoms. The quantitative estimate of drug-likeness (QED) is 0.763. The molecule has 0 aliphatic carbocycles. The van der Waals surface area contributed by atoms with Gasteiger partial charge in [-0.05, 0) is 31.0 Å². The zero-order valence-corrected chi connectivity index (χ0v) is 14.0. The number of carboxylic acids is 1. The van der Waals surface area contributed by atoms with Crippen LogP contribution in [0.5, 0.6) is 5.75 Å². The van der Waals surface area contributed by atoms with Gasteiger partial charge in [0, 0.05) is 25.2 Å². The first-order valence-electron chi connectivity index (χ1n) is 8.09. The van der Waals surface area contributed by atoms with E-state index in [1.54, 1.807) is 42.1 Å². The summed E-state index contributed by atoms with van der Waals surface area (Å²) in [5, 5.41) is 10.5. The number of hydrogen-bond acceptors (Lipinski definition) is 4. The summed E-state index contributed by atoms with van der Waals surface area (Å²) in [6.07, 6.45) is 2.87. The number of carbonyl (C=O) groups is 1. The second-order valence-corrected chi connectivity index (χ2v) is 5.61. The zero-order valence-electron chi connectivity index (χ0n) is 14.0. The maximum atomic E-state index is 12.5. The third-order valence-electron chi connectivity index (χ3n) is 3.88. The molecule has 1 atom stereocenters. The molecule has 2 rings (SSSR count). The van der Waals surface area contributed by atoms with Crippen LogP contribution < -0.4 is 10.3 Å². The molecule has 1 heterocycles. The average molecular weight is 333 g/mol. The van der Waals surface area contributed by atoms with Crippen LogP contribution >= 0.6 is 0 Å². The van der Waals surface area contributed by atoms with Crippen LogP contribution in [-0.4, -0.2) is 35.5 Å². The van der Waals surface area contributed by atoms with Crippen molar-refractivity contribution in [2.75, 3.05) is 13.7 Å². The molecule has 0 fully saturated rings. The fourth-order valence-corrected chi connectivity index (χ4v) is 2.53. The topological polar surface area (TPSA) is 77.8 Å². The summed E-state index contributed by atoms with van der Waals surface area (Å²) in [5.41, 5.74) is -0.143. The predicted molar refractivity (Wildman–Crippen MR) is 91.7 cm³/mol. The van der Waals surface area contributed by atoms with Crippen molar-refractivity contribution in [3.05, 3.63) is 40.8 Å². The minimum absolute atomic E-state index is 0.143. The molecule has 0 aliphatic heterocycles. The van der Waals surface area contributed by atoms with Gasteiger partial charge in [-0.25, -0.2) is 4.79 Å². The molecule has 0 aliphatic rings. The number of rotatable bonds is 9. The van der Waals surface area contributed by atoms with E-state index in [1.807, 2.05) is 6.92 Å². The molecule has 1 N–H and O–H groups in total. The van der Waals surface area contributed by atoms with Crippen molar-refractivity contribution in [3.63, 3.8) is 0 Å². The van der Waals surface area contributed by atoms with Crippen LogP contribution in [-0.2, 0) is 16.1 Å². The Bertz CT molecular complexity index is 753. The van der Waals surface area contributed by atoms with Gasteiger partial charge in [0.25, 0.3) is 5.56 Å². The van der Waals surface area contributed by atoms with E-state index in [2.05, 4.69) is 0 Å². The molecule has 130 valence electrons. The fraction of sp³-hybridized carbons (Fsp3) is 0.444. The highest BCUT2D eigenvalue weighted by atomic mass is 16.5. The van der Waals surface area contributed by atoms with E-state index in [0.29, 0.717) is 36.1 Å². The van der Waals surface area contributed by atoms with Gasteiger partial charge in [-0.15, -0.1) is 0 Å². The lowest BCUT2D eigenvalue weighted by molar-refractivity contribution is -0.145. The van der Waals surface area contributed by atoms with Crippen molar-refractivity contribution in [1.29, 1.82) is 0 Å². The van der Waals surface area contributed by atoms with Crippen molar-refractivity contribution in [2.45, 2.75) is 38.8 Å². The number of methoxy groups -OCH3 is 1. The number of unbranched alkanes of at least 4 members (excludes halogenated alkanes) is 1. The normalized spacial score (nSPS) is 12.2. The number of fused-ring (bicyclic) bond motifs is 1. The molecule has 0 spiro atoms. The molecule has 6 nitrogen and oxygen atoms in total. The van der Waals surface area contributed by atoms with E-state index in [1.165, 1.54) is 0 Å². The lowest BCUT2D eigenvalue weighted by atomic mass is 10.1. The highest BCUT2D eigenvalue weighted by Crippen LogP contribution is 2.25. The fourth-order valence-electron chi connectivity index (χ4n) is 2.53. The van der Waals surface area contributed by atoms with E-state index < -0.39 is 12.1 Å². The number of hydrogen-bond donors (Lipinski definition) is 1. The van der Waals surface area contributed by atoms with Crippen LogP contribution in [0, 0.1) is 0 Å². The third kappa shape index (κ3) is 4.14. The van der Waals surface area contributed by atoms with Gasteiger partial charge in [0.2, 0.25) is 0 Å². The smallest absolute Gasteiger partial charge is 0.344 e. The van der Waals surface area contributed by atoms with Crippen LogP contribution in [0.15, 0.2) is 35.3 Å². The summed E-state index contributed by atoms with van der Waals surface area (Å²) in [6.45, 7) is 2.91. The van der Waals surface area contributed by atoms with E-state index in [4.69, 9.17) is 9.47 Å². The van der Waals surface area contributed by atoms with Gasteiger partial charge >= 0.3 is 5.97 Å². The number of carboxylic acid groups (broad SMARTS) is 1. The first kappa shape index (κ1) is 18.0. The summed E-state index contributed by atoms with van der Waals surface area (Å²) in [7, 11) is 1.58. The zero-order chi connectivity index (χ0) is 17.5. The van der Waals surface area contributed by atoms with E-state index >= 15 is 0 Å². The van der Waals surface area contributed by atoms with E-state index in [0.717, 1.165) is 12.8 Å². The standard InChI is InChI=1S/C18H23NO5/c1-3-4-7-16(18(21)22)24-15-8-5-6-14-13(15)9-10-19(17(14)20)11-12-23-2/h5-6,8-10,16H,3-4,7,11-12H2,1-2H3,(H,21,22). The summed E-state index contributed by atoms with van der Waals surface area (Å²) in [5.74, 6) is -0.569. The largest absolute Gasteiger partial charge is 0.479 e. The van der Waals surface area contributed by atoms with Gasteiger partial charge in [-0.1, -0.05) is 19.4 Å². The lowest BCUT2D eigenvalue weighted by Gasteiger charge is -2.16. The van der Waals surface area contributed by atoms with Crippen molar-refractivity contribution in [1.82, 2.24) is 4.57 Å². The van der Waals surface area contributed by atoms with E-state index in [-0.39, 0.29) is 5.56 Å². The Balaban J connectivity index is 2.36. The molecule has 1 unspecified atom stereocenters.